The lowest BCUT2D eigenvalue weighted by molar-refractivity contribution is 0.183. The fourth-order valence-corrected chi connectivity index (χ4v) is 2.32. The third-order valence-corrected chi connectivity index (χ3v) is 3.64. The van der Waals surface area contributed by atoms with E-state index in [9.17, 15) is 0 Å². The molecule has 92 valence electrons. The summed E-state index contributed by atoms with van der Waals surface area (Å²) in [6.07, 6.45) is 1.85. The van der Waals surface area contributed by atoms with Crippen molar-refractivity contribution >= 4 is 11.3 Å². The molecule has 1 aromatic rings. The Morgan fingerprint density at radius 2 is 2.25 bits per heavy atom. The second-order valence-electron chi connectivity index (χ2n) is 4.23. The van der Waals surface area contributed by atoms with Gasteiger partial charge in [0.1, 0.15) is 0 Å². The van der Waals surface area contributed by atoms with E-state index >= 15 is 0 Å². The van der Waals surface area contributed by atoms with Crippen LogP contribution in [0, 0.1) is 0 Å². The summed E-state index contributed by atoms with van der Waals surface area (Å²) in [6, 6.07) is 0.498. The highest BCUT2D eigenvalue weighted by molar-refractivity contribution is 7.09. The van der Waals surface area contributed by atoms with E-state index < -0.39 is 0 Å². The molecule has 1 rings (SSSR count). The average Bonchev–Trinajstić information content (AvgIpc) is 2.71. The van der Waals surface area contributed by atoms with Gasteiger partial charge in [-0.1, -0.05) is 6.92 Å². The van der Waals surface area contributed by atoms with Gasteiger partial charge in [0, 0.05) is 31.1 Å². The summed E-state index contributed by atoms with van der Waals surface area (Å²) in [4.78, 5) is 6.93. The molecule has 4 heteroatoms. The smallest absolute Gasteiger partial charge is 0.0926 e. The van der Waals surface area contributed by atoms with Crippen molar-refractivity contribution < 1.29 is 5.11 Å². The quantitative estimate of drug-likeness (QED) is 0.797. The van der Waals surface area contributed by atoms with Crippen molar-refractivity contribution in [3.05, 3.63) is 16.1 Å². The lowest BCUT2D eigenvalue weighted by atomic mass is 10.2. The summed E-state index contributed by atoms with van der Waals surface area (Å²) in [6.45, 7) is 8.60. The number of nitrogens with zero attached hydrogens (tertiary/aromatic N) is 2. The Morgan fingerprint density at radius 1 is 1.50 bits per heavy atom. The zero-order valence-electron chi connectivity index (χ0n) is 10.4. The molecule has 1 N–H and O–H groups in total. The number of thiazole rings is 1. The van der Waals surface area contributed by atoms with Crippen molar-refractivity contribution in [3.63, 3.8) is 0 Å². The number of aromatic nitrogens is 1. The molecule has 0 aliphatic rings. The maximum atomic E-state index is 8.86. The Hall–Kier alpha value is -0.450. The topological polar surface area (TPSA) is 36.4 Å². The van der Waals surface area contributed by atoms with Gasteiger partial charge in [-0.3, -0.25) is 4.90 Å². The number of aliphatic hydroxyl groups excluding tert-OH is 1. The number of aliphatic hydroxyl groups is 1. The van der Waals surface area contributed by atoms with Crippen LogP contribution in [-0.4, -0.2) is 34.2 Å². The first-order chi connectivity index (χ1) is 7.67. The molecule has 0 aliphatic heterocycles. The van der Waals surface area contributed by atoms with Crippen molar-refractivity contribution in [1.29, 1.82) is 0 Å². The van der Waals surface area contributed by atoms with Crippen LogP contribution in [0.2, 0.25) is 0 Å². The Morgan fingerprint density at radius 3 is 2.75 bits per heavy atom. The molecule has 0 amide bonds. The van der Waals surface area contributed by atoms with Crippen LogP contribution >= 0.6 is 11.3 Å². The number of aryl methyl sites for hydroxylation is 1. The van der Waals surface area contributed by atoms with Crippen LogP contribution in [0.1, 0.15) is 37.9 Å². The van der Waals surface area contributed by atoms with E-state index in [-0.39, 0.29) is 6.61 Å². The molecule has 0 atom stereocenters. The summed E-state index contributed by atoms with van der Waals surface area (Å²) in [5, 5.41) is 12.2. The fraction of sp³-hybridized carbons (Fsp3) is 0.750. The Balaban J connectivity index is 2.53. The molecule has 0 unspecified atom stereocenters. The Kier molecular flexibility index (Phi) is 5.95. The predicted octanol–water partition coefficient (Wildman–Crippen LogP) is 2.30. The molecule has 0 aliphatic carbocycles. The highest BCUT2D eigenvalue weighted by Gasteiger charge is 2.11. The molecule has 1 aromatic heterocycles. The molecule has 0 aromatic carbocycles. The second-order valence-corrected chi connectivity index (χ2v) is 5.17. The van der Waals surface area contributed by atoms with Crippen LogP contribution in [-0.2, 0) is 13.0 Å². The lowest BCUT2D eigenvalue weighted by Gasteiger charge is -2.25. The molecule has 0 bridgehead atoms. The van der Waals surface area contributed by atoms with Crippen molar-refractivity contribution in [2.24, 2.45) is 0 Å². The van der Waals surface area contributed by atoms with Gasteiger partial charge in [-0.15, -0.1) is 11.3 Å². The minimum atomic E-state index is 0.264. The van der Waals surface area contributed by atoms with E-state index in [2.05, 4.69) is 36.0 Å². The first-order valence-corrected chi connectivity index (χ1v) is 6.83. The monoisotopic (exact) mass is 242 g/mol. The predicted molar refractivity (Wildman–Crippen MR) is 68.7 cm³/mol. The van der Waals surface area contributed by atoms with Gasteiger partial charge in [-0.25, -0.2) is 4.98 Å². The maximum absolute atomic E-state index is 8.86. The van der Waals surface area contributed by atoms with Crippen molar-refractivity contribution in [1.82, 2.24) is 9.88 Å². The molecular formula is C12H22N2OS. The van der Waals surface area contributed by atoms with Crippen LogP contribution in [0.15, 0.2) is 5.38 Å². The number of rotatable bonds is 7. The van der Waals surface area contributed by atoms with Gasteiger partial charge in [-0.05, 0) is 26.7 Å². The average molecular weight is 242 g/mol. The van der Waals surface area contributed by atoms with Gasteiger partial charge in [0.15, 0.2) is 0 Å². The van der Waals surface area contributed by atoms with Crippen molar-refractivity contribution in [2.75, 3.05) is 13.2 Å². The highest BCUT2D eigenvalue weighted by atomic mass is 32.1. The SMILES string of the molecule is CCc1nc(CN(CCCO)C(C)C)cs1. The van der Waals surface area contributed by atoms with E-state index in [0.717, 1.165) is 31.6 Å². The molecule has 0 saturated carbocycles. The zero-order valence-corrected chi connectivity index (χ0v) is 11.3. The lowest BCUT2D eigenvalue weighted by Crippen LogP contribution is -2.31. The minimum absolute atomic E-state index is 0.264. The van der Waals surface area contributed by atoms with Gasteiger partial charge in [0.2, 0.25) is 0 Å². The number of hydrogen-bond donors (Lipinski definition) is 1. The first-order valence-electron chi connectivity index (χ1n) is 5.95. The van der Waals surface area contributed by atoms with Crippen molar-refractivity contribution in [3.8, 4) is 0 Å². The van der Waals surface area contributed by atoms with E-state index in [1.54, 1.807) is 11.3 Å². The standard InChI is InChI=1S/C12H22N2OS/c1-4-12-13-11(9-16-12)8-14(10(2)3)6-5-7-15/h9-10,15H,4-8H2,1-3H3. The van der Waals surface area contributed by atoms with Crippen molar-refractivity contribution in [2.45, 2.75) is 46.2 Å². The van der Waals surface area contributed by atoms with Crippen LogP contribution in [0.3, 0.4) is 0 Å². The third kappa shape index (κ3) is 4.20. The van der Waals surface area contributed by atoms with E-state index in [1.165, 1.54) is 5.01 Å². The molecule has 1 heterocycles. The van der Waals surface area contributed by atoms with Crippen LogP contribution < -0.4 is 0 Å². The summed E-state index contributed by atoms with van der Waals surface area (Å²) in [7, 11) is 0. The normalized spacial score (nSPS) is 11.6. The zero-order chi connectivity index (χ0) is 12.0. The molecule has 0 saturated heterocycles. The second kappa shape index (κ2) is 6.99. The maximum Gasteiger partial charge on any atom is 0.0926 e. The van der Waals surface area contributed by atoms with Crippen LogP contribution in [0.4, 0.5) is 0 Å². The van der Waals surface area contributed by atoms with Gasteiger partial charge >= 0.3 is 0 Å². The molecule has 0 radical (unpaired) electrons. The van der Waals surface area contributed by atoms with Gasteiger partial charge < -0.3 is 5.11 Å². The summed E-state index contributed by atoms with van der Waals surface area (Å²) < 4.78 is 0. The van der Waals surface area contributed by atoms with Gasteiger partial charge in [-0.2, -0.15) is 0 Å². The molecule has 0 spiro atoms. The van der Waals surface area contributed by atoms with Crippen LogP contribution in [0.5, 0.6) is 0 Å². The first kappa shape index (κ1) is 13.6. The molecular weight excluding hydrogens is 220 g/mol. The fourth-order valence-electron chi connectivity index (χ4n) is 1.59. The minimum Gasteiger partial charge on any atom is -0.396 e. The van der Waals surface area contributed by atoms with Crippen LogP contribution in [0.25, 0.3) is 0 Å². The largest absolute Gasteiger partial charge is 0.396 e. The molecule has 0 fully saturated rings. The molecule has 3 nitrogen and oxygen atoms in total. The molecule has 16 heavy (non-hydrogen) atoms. The summed E-state index contributed by atoms with van der Waals surface area (Å²) in [5.41, 5.74) is 1.16. The van der Waals surface area contributed by atoms with Gasteiger partial charge in [0.25, 0.3) is 0 Å². The number of hydrogen-bond acceptors (Lipinski definition) is 4. The Labute approximate surface area is 102 Å². The third-order valence-electron chi connectivity index (χ3n) is 2.60. The van der Waals surface area contributed by atoms with E-state index in [4.69, 9.17) is 5.11 Å². The highest BCUT2D eigenvalue weighted by Crippen LogP contribution is 2.13. The summed E-state index contributed by atoms with van der Waals surface area (Å²) in [5.74, 6) is 0. The van der Waals surface area contributed by atoms with E-state index in [0.29, 0.717) is 6.04 Å². The van der Waals surface area contributed by atoms with Gasteiger partial charge in [0.05, 0.1) is 10.7 Å². The van der Waals surface area contributed by atoms with E-state index in [1.807, 2.05) is 0 Å². The Bertz CT molecular complexity index is 299. The summed E-state index contributed by atoms with van der Waals surface area (Å²) >= 11 is 1.74.